The molecule has 2 aromatic carbocycles. The standard InChI is InChI=1S/C24H25N7O2/c1-3-5-10-21-27-31(22(32)7-4-2)24(33)30(21)16-17-11-13-18(14-12-17)19-8-6-9-20(15-19)23-25-28-29-26-23/h5-6,8-15H,3-4,7,16H2,1-2H3,(H,25,26,28,29)/b10-5+. The first-order valence-corrected chi connectivity index (χ1v) is 10.9. The number of hydrogen-bond acceptors (Lipinski definition) is 6. The van der Waals surface area contributed by atoms with Crippen LogP contribution in [0.1, 0.15) is 49.3 Å². The van der Waals surface area contributed by atoms with Crippen molar-refractivity contribution in [3.8, 4) is 22.5 Å². The molecular weight excluding hydrogens is 418 g/mol. The first kappa shape index (κ1) is 22.1. The quantitative estimate of drug-likeness (QED) is 0.443. The van der Waals surface area contributed by atoms with Crippen LogP contribution in [0.15, 0.2) is 59.4 Å². The van der Waals surface area contributed by atoms with Crippen LogP contribution in [0.25, 0.3) is 28.6 Å². The van der Waals surface area contributed by atoms with Gasteiger partial charge >= 0.3 is 5.69 Å². The van der Waals surface area contributed by atoms with Gasteiger partial charge in [-0.05, 0) is 46.9 Å². The Kier molecular flexibility index (Phi) is 6.68. The van der Waals surface area contributed by atoms with Crippen LogP contribution in [0.4, 0.5) is 0 Å². The maximum Gasteiger partial charge on any atom is 0.353 e. The Bertz CT molecular complexity index is 1320. The highest BCUT2D eigenvalue weighted by molar-refractivity contribution is 5.77. The lowest BCUT2D eigenvalue weighted by Gasteiger charge is -2.07. The maximum atomic E-state index is 12.9. The second-order valence-corrected chi connectivity index (χ2v) is 7.61. The molecule has 1 N–H and O–H groups in total. The van der Waals surface area contributed by atoms with Crippen molar-refractivity contribution in [3.63, 3.8) is 0 Å². The number of allylic oxidation sites excluding steroid dienone is 1. The molecule has 0 radical (unpaired) electrons. The summed E-state index contributed by atoms with van der Waals surface area (Å²) >= 11 is 0. The predicted molar refractivity (Wildman–Crippen MR) is 125 cm³/mol. The van der Waals surface area contributed by atoms with E-state index in [2.05, 4.69) is 25.7 Å². The van der Waals surface area contributed by atoms with Crippen LogP contribution >= 0.6 is 0 Å². The largest absolute Gasteiger partial charge is 0.353 e. The third-order valence-electron chi connectivity index (χ3n) is 5.19. The van der Waals surface area contributed by atoms with Gasteiger partial charge in [0.1, 0.15) is 0 Å². The minimum Gasteiger partial charge on any atom is -0.272 e. The van der Waals surface area contributed by atoms with Crippen LogP contribution in [0.2, 0.25) is 0 Å². The van der Waals surface area contributed by atoms with Crippen molar-refractivity contribution in [3.05, 3.63) is 76.5 Å². The molecule has 33 heavy (non-hydrogen) atoms. The summed E-state index contributed by atoms with van der Waals surface area (Å²) in [7, 11) is 0. The number of carbonyl (C=O) groups excluding carboxylic acids is 1. The normalized spacial score (nSPS) is 11.3. The average Bonchev–Trinajstić information content (AvgIpc) is 3.48. The number of rotatable bonds is 8. The Balaban J connectivity index is 1.61. The minimum absolute atomic E-state index is 0.283. The molecule has 0 unspecified atom stereocenters. The molecule has 9 nitrogen and oxygen atoms in total. The lowest BCUT2D eigenvalue weighted by Crippen LogP contribution is -2.30. The van der Waals surface area contributed by atoms with E-state index < -0.39 is 5.69 Å². The summed E-state index contributed by atoms with van der Waals surface area (Å²) in [4.78, 5) is 25.2. The molecule has 0 saturated heterocycles. The molecule has 0 bridgehead atoms. The summed E-state index contributed by atoms with van der Waals surface area (Å²) in [6, 6.07) is 15.8. The van der Waals surface area contributed by atoms with Crippen molar-refractivity contribution >= 4 is 12.0 Å². The van der Waals surface area contributed by atoms with Crippen molar-refractivity contribution in [1.82, 2.24) is 35.0 Å². The van der Waals surface area contributed by atoms with Crippen LogP contribution in [-0.4, -0.2) is 40.9 Å². The van der Waals surface area contributed by atoms with Crippen LogP contribution in [-0.2, 0) is 6.54 Å². The van der Waals surface area contributed by atoms with Crippen LogP contribution in [0, 0.1) is 0 Å². The van der Waals surface area contributed by atoms with Gasteiger partial charge in [0, 0.05) is 12.0 Å². The van der Waals surface area contributed by atoms with E-state index in [0.717, 1.165) is 33.4 Å². The molecule has 0 aliphatic rings. The second-order valence-electron chi connectivity index (χ2n) is 7.61. The van der Waals surface area contributed by atoms with Crippen molar-refractivity contribution in [2.45, 2.75) is 39.7 Å². The number of aromatic nitrogens is 7. The highest BCUT2D eigenvalue weighted by Gasteiger charge is 2.16. The highest BCUT2D eigenvalue weighted by atomic mass is 16.2. The fourth-order valence-electron chi connectivity index (χ4n) is 3.50. The molecule has 168 valence electrons. The zero-order valence-electron chi connectivity index (χ0n) is 18.6. The molecule has 0 saturated carbocycles. The molecule has 2 heterocycles. The number of tetrazole rings is 1. The monoisotopic (exact) mass is 443 g/mol. The van der Waals surface area contributed by atoms with Gasteiger partial charge in [-0.3, -0.25) is 9.36 Å². The second kappa shape index (κ2) is 9.99. The first-order chi connectivity index (χ1) is 16.1. The van der Waals surface area contributed by atoms with E-state index in [1.54, 1.807) is 6.08 Å². The molecule has 4 rings (SSSR count). The van der Waals surface area contributed by atoms with Gasteiger partial charge in [-0.25, -0.2) is 4.79 Å². The van der Waals surface area contributed by atoms with Gasteiger partial charge in [0.25, 0.3) is 5.91 Å². The minimum atomic E-state index is -0.416. The lowest BCUT2D eigenvalue weighted by molar-refractivity contribution is 0.0880. The molecule has 2 aromatic heterocycles. The van der Waals surface area contributed by atoms with E-state index in [1.165, 1.54) is 4.57 Å². The molecule has 0 fully saturated rings. The highest BCUT2D eigenvalue weighted by Crippen LogP contribution is 2.24. The summed E-state index contributed by atoms with van der Waals surface area (Å²) in [5.74, 6) is 0.725. The van der Waals surface area contributed by atoms with Gasteiger partial charge in [0.15, 0.2) is 5.82 Å². The van der Waals surface area contributed by atoms with E-state index in [0.29, 0.717) is 24.6 Å². The summed E-state index contributed by atoms with van der Waals surface area (Å²) in [5.41, 5.74) is 3.43. The Labute approximate surface area is 190 Å². The van der Waals surface area contributed by atoms with E-state index in [1.807, 2.05) is 68.5 Å². The number of benzene rings is 2. The lowest BCUT2D eigenvalue weighted by atomic mass is 10.0. The van der Waals surface area contributed by atoms with Gasteiger partial charge in [0.05, 0.1) is 6.54 Å². The summed E-state index contributed by atoms with van der Waals surface area (Å²) < 4.78 is 2.52. The number of aromatic amines is 1. The fraction of sp³-hybridized carbons (Fsp3) is 0.250. The molecule has 0 atom stereocenters. The van der Waals surface area contributed by atoms with Gasteiger partial charge in [0.2, 0.25) is 5.82 Å². The SMILES string of the molecule is CC/C=C/c1nn(C(=O)CCC)c(=O)n1Cc1ccc(-c2cccc(-c3nn[nH]n3)c2)cc1. The maximum absolute atomic E-state index is 12.9. The Morgan fingerprint density at radius 1 is 1.06 bits per heavy atom. The third kappa shape index (κ3) is 4.87. The fourth-order valence-corrected chi connectivity index (χ4v) is 3.50. The topological polar surface area (TPSA) is 111 Å². The van der Waals surface area contributed by atoms with Crippen LogP contribution in [0.5, 0.6) is 0 Å². The average molecular weight is 444 g/mol. The van der Waals surface area contributed by atoms with Crippen LogP contribution < -0.4 is 5.69 Å². The van der Waals surface area contributed by atoms with Crippen molar-refractivity contribution < 1.29 is 4.79 Å². The molecule has 0 aliphatic carbocycles. The zero-order chi connectivity index (χ0) is 23.2. The van der Waals surface area contributed by atoms with Gasteiger partial charge in [-0.15, -0.1) is 20.0 Å². The van der Waals surface area contributed by atoms with E-state index in [9.17, 15) is 9.59 Å². The third-order valence-corrected chi connectivity index (χ3v) is 5.19. The Morgan fingerprint density at radius 2 is 1.85 bits per heavy atom. The summed E-state index contributed by atoms with van der Waals surface area (Å²) in [6.07, 6.45) is 5.46. The molecule has 9 heteroatoms. The molecule has 0 spiro atoms. The van der Waals surface area contributed by atoms with E-state index in [-0.39, 0.29) is 12.3 Å². The van der Waals surface area contributed by atoms with E-state index in [4.69, 9.17) is 0 Å². The van der Waals surface area contributed by atoms with Gasteiger partial charge < -0.3 is 0 Å². The zero-order valence-corrected chi connectivity index (χ0v) is 18.6. The number of nitrogens with zero attached hydrogens (tertiary/aromatic N) is 6. The smallest absolute Gasteiger partial charge is 0.272 e. The van der Waals surface area contributed by atoms with Gasteiger partial charge in [-0.2, -0.15) is 5.21 Å². The number of carbonyl (C=O) groups is 1. The van der Waals surface area contributed by atoms with Crippen LogP contribution in [0.3, 0.4) is 0 Å². The predicted octanol–water partition coefficient (Wildman–Crippen LogP) is 3.80. The summed E-state index contributed by atoms with van der Waals surface area (Å²) in [5, 5.41) is 18.4. The number of nitrogens with one attached hydrogen (secondary N) is 1. The number of H-pyrrole nitrogens is 1. The molecule has 4 aromatic rings. The Hall–Kier alpha value is -4.14. The summed E-state index contributed by atoms with van der Waals surface area (Å²) in [6.45, 7) is 4.23. The Morgan fingerprint density at radius 3 is 2.55 bits per heavy atom. The number of hydrogen-bond donors (Lipinski definition) is 1. The van der Waals surface area contributed by atoms with Gasteiger partial charge in [-0.1, -0.05) is 62.4 Å². The van der Waals surface area contributed by atoms with Crippen molar-refractivity contribution in [2.75, 3.05) is 0 Å². The molecular formula is C24H25N7O2. The first-order valence-electron chi connectivity index (χ1n) is 10.9. The molecule has 0 aliphatic heterocycles. The molecule has 0 amide bonds. The van der Waals surface area contributed by atoms with Crippen molar-refractivity contribution in [1.29, 1.82) is 0 Å². The van der Waals surface area contributed by atoms with E-state index >= 15 is 0 Å². The van der Waals surface area contributed by atoms with Crippen molar-refractivity contribution in [2.24, 2.45) is 0 Å².